The van der Waals surface area contributed by atoms with Gasteiger partial charge in [-0.05, 0) is 90.1 Å². The number of carbonyl (C=O) groups is 1. The maximum absolute atomic E-state index is 14.8. The Kier molecular flexibility index (Phi) is 9.27. The summed E-state index contributed by atoms with van der Waals surface area (Å²) in [5.41, 5.74) is 3.50. The molecule has 0 aliphatic carbocycles. The van der Waals surface area contributed by atoms with Gasteiger partial charge in [-0.1, -0.05) is 39.0 Å². The molecular weight excluding hydrogens is 569 g/mol. The number of rotatable bonds is 8. The molecule has 2 heterocycles. The molecule has 2 aliphatic heterocycles. The minimum absolute atomic E-state index is 0.0270. The Hall–Kier alpha value is -3.63. The second-order valence-electron chi connectivity index (χ2n) is 12.3. The summed E-state index contributed by atoms with van der Waals surface area (Å²) < 4.78 is 54.6. The zero-order valence-electron chi connectivity index (χ0n) is 25.0. The predicted molar refractivity (Wildman–Crippen MR) is 166 cm³/mol. The van der Waals surface area contributed by atoms with Crippen LogP contribution in [-0.2, 0) is 33.1 Å². The van der Waals surface area contributed by atoms with Crippen molar-refractivity contribution in [2.75, 3.05) is 36.4 Å². The Balaban J connectivity index is 1.17. The van der Waals surface area contributed by atoms with Gasteiger partial charge in [-0.3, -0.25) is 4.72 Å². The Morgan fingerprint density at radius 2 is 1.77 bits per heavy atom. The van der Waals surface area contributed by atoms with Gasteiger partial charge in [0.15, 0.2) is 5.82 Å². The molecule has 3 aromatic carbocycles. The Labute approximate surface area is 253 Å². The number of nitrogens with zero attached hydrogens (tertiary/aromatic N) is 1. The zero-order valence-corrected chi connectivity index (χ0v) is 25.8. The van der Waals surface area contributed by atoms with Crippen molar-refractivity contribution in [2.45, 2.75) is 63.3 Å². The summed E-state index contributed by atoms with van der Waals surface area (Å²) in [7, 11) is -4.03. The van der Waals surface area contributed by atoms with Gasteiger partial charge >= 0.3 is 6.03 Å². The lowest BCUT2D eigenvalue weighted by Crippen LogP contribution is -2.39. The van der Waals surface area contributed by atoms with E-state index in [0.29, 0.717) is 37.8 Å². The second-order valence-corrected chi connectivity index (χ2v) is 14.0. The van der Waals surface area contributed by atoms with Gasteiger partial charge in [0.25, 0.3) is 10.0 Å². The smallest absolute Gasteiger partial charge is 0.322 e. The van der Waals surface area contributed by atoms with Gasteiger partial charge in [-0.25, -0.2) is 17.6 Å². The number of urea groups is 1. The summed E-state index contributed by atoms with van der Waals surface area (Å²) in [5.74, 6) is 0.189. The normalized spacial score (nSPS) is 16.0. The lowest BCUT2D eigenvalue weighted by molar-refractivity contribution is 0.0593. The molecule has 10 heteroatoms. The van der Waals surface area contributed by atoms with Crippen LogP contribution in [0.25, 0.3) is 0 Å². The number of hydrogen-bond acceptors (Lipinski definition) is 5. The number of hydrogen-bond donors (Lipinski definition) is 2. The minimum Gasteiger partial charge on any atom is -0.493 e. The van der Waals surface area contributed by atoms with Crippen molar-refractivity contribution < 1.29 is 27.1 Å². The minimum atomic E-state index is -4.03. The zero-order chi connectivity index (χ0) is 30.6. The molecule has 2 aliphatic rings. The van der Waals surface area contributed by atoms with Crippen molar-refractivity contribution in [3.63, 3.8) is 0 Å². The Morgan fingerprint density at radius 1 is 1.02 bits per heavy atom. The quantitative estimate of drug-likeness (QED) is 0.296. The van der Waals surface area contributed by atoms with Crippen molar-refractivity contribution in [3.8, 4) is 5.75 Å². The average Bonchev–Trinajstić information content (AvgIpc) is 2.98. The van der Waals surface area contributed by atoms with Crippen molar-refractivity contribution >= 4 is 27.4 Å². The van der Waals surface area contributed by atoms with Crippen LogP contribution >= 0.6 is 0 Å². The van der Waals surface area contributed by atoms with Gasteiger partial charge in [0, 0.05) is 38.1 Å². The standard InChI is InChI=1S/C33H40FN3O5S/c1-33(2,3)26-5-7-27(8-6-26)35-32(38)37-16-12-24-20-29(10-4-25(24)22-37)43(39,40)36-31-11-9-28(21-30(31)34)42-19-15-23-13-17-41-18-14-23/h4-11,20-21,23,36H,12-19,22H2,1-3H3,(H,35,38). The van der Waals surface area contributed by atoms with Crippen LogP contribution in [0.15, 0.2) is 65.6 Å². The monoisotopic (exact) mass is 609 g/mol. The maximum atomic E-state index is 14.8. The molecule has 3 aromatic rings. The first-order valence-corrected chi connectivity index (χ1v) is 16.3. The third-order valence-corrected chi connectivity index (χ3v) is 9.47. The third-order valence-electron chi connectivity index (χ3n) is 8.11. The van der Waals surface area contributed by atoms with E-state index < -0.39 is 15.8 Å². The number of sulfonamides is 1. The molecule has 0 spiro atoms. The summed E-state index contributed by atoms with van der Waals surface area (Å²) in [6, 6.07) is 16.6. The molecule has 1 fully saturated rings. The molecule has 1 saturated heterocycles. The van der Waals surface area contributed by atoms with E-state index in [9.17, 15) is 17.6 Å². The second kappa shape index (κ2) is 12.9. The molecule has 8 nitrogen and oxygen atoms in total. The van der Waals surface area contributed by atoms with E-state index in [2.05, 4.69) is 30.8 Å². The van der Waals surface area contributed by atoms with Gasteiger partial charge in [-0.15, -0.1) is 0 Å². The topological polar surface area (TPSA) is 97.0 Å². The molecule has 0 unspecified atom stereocenters. The number of fused-ring (bicyclic) bond motifs is 1. The fraction of sp³-hybridized carbons (Fsp3) is 0.424. The first kappa shape index (κ1) is 30.8. The number of nitrogens with one attached hydrogen (secondary N) is 2. The molecule has 2 amide bonds. The Bertz CT molecular complexity index is 1550. The molecule has 0 atom stereocenters. The fourth-order valence-electron chi connectivity index (χ4n) is 5.38. The first-order valence-electron chi connectivity index (χ1n) is 14.8. The van der Waals surface area contributed by atoms with E-state index in [1.165, 1.54) is 23.8 Å². The molecule has 0 radical (unpaired) electrons. The van der Waals surface area contributed by atoms with E-state index in [-0.39, 0.29) is 22.0 Å². The summed E-state index contributed by atoms with van der Waals surface area (Å²) in [6.07, 6.45) is 3.37. The molecule has 0 saturated carbocycles. The summed E-state index contributed by atoms with van der Waals surface area (Å²) in [4.78, 5) is 14.7. The van der Waals surface area contributed by atoms with Crippen LogP contribution in [0.2, 0.25) is 0 Å². The van der Waals surface area contributed by atoms with Gasteiger partial charge in [0.2, 0.25) is 0 Å². The highest BCUT2D eigenvalue weighted by molar-refractivity contribution is 7.92. The molecule has 230 valence electrons. The Morgan fingerprint density at radius 3 is 2.47 bits per heavy atom. The number of amides is 2. The van der Waals surface area contributed by atoms with Gasteiger partial charge in [0.05, 0.1) is 17.2 Å². The molecule has 2 N–H and O–H groups in total. The summed E-state index contributed by atoms with van der Waals surface area (Å²) >= 11 is 0. The van der Waals surface area contributed by atoms with E-state index in [1.54, 1.807) is 23.1 Å². The molecular formula is C33H40FN3O5S. The van der Waals surface area contributed by atoms with Crippen molar-refractivity contribution in [1.29, 1.82) is 0 Å². The molecule has 0 aromatic heterocycles. The van der Waals surface area contributed by atoms with Gasteiger partial charge in [-0.2, -0.15) is 0 Å². The van der Waals surface area contributed by atoms with Crippen LogP contribution in [0.5, 0.6) is 5.75 Å². The maximum Gasteiger partial charge on any atom is 0.322 e. The molecule has 5 rings (SSSR count). The number of ether oxygens (including phenoxy) is 2. The van der Waals surface area contributed by atoms with Gasteiger partial charge in [0.1, 0.15) is 5.75 Å². The number of benzene rings is 3. The average molecular weight is 610 g/mol. The summed E-state index contributed by atoms with van der Waals surface area (Å²) in [6.45, 7) is 9.22. The van der Waals surface area contributed by atoms with Crippen LogP contribution in [0.1, 0.15) is 56.7 Å². The van der Waals surface area contributed by atoms with Gasteiger partial charge < -0.3 is 19.7 Å². The lowest BCUT2D eigenvalue weighted by Gasteiger charge is -2.29. The molecule has 0 bridgehead atoms. The molecule has 43 heavy (non-hydrogen) atoms. The van der Waals surface area contributed by atoms with Crippen molar-refractivity contribution in [2.24, 2.45) is 5.92 Å². The summed E-state index contributed by atoms with van der Waals surface area (Å²) in [5, 5.41) is 2.95. The first-order chi connectivity index (χ1) is 20.5. The van der Waals surface area contributed by atoms with Crippen molar-refractivity contribution in [1.82, 2.24) is 4.90 Å². The van der Waals surface area contributed by atoms with E-state index in [1.807, 2.05) is 24.3 Å². The lowest BCUT2D eigenvalue weighted by atomic mass is 9.87. The van der Waals surface area contributed by atoms with Crippen LogP contribution in [0.3, 0.4) is 0 Å². The van der Waals surface area contributed by atoms with E-state index in [0.717, 1.165) is 49.3 Å². The van der Waals surface area contributed by atoms with E-state index >= 15 is 0 Å². The van der Waals surface area contributed by atoms with E-state index in [4.69, 9.17) is 9.47 Å². The highest BCUT2D eigenvalue weighted by atomic mass is 32.2. The number of halogens is 1. The third kappa shape index (κ3) is 7.86. The highest BCUT2D eigenvalue weighted by Crippen LogP contribution is 2.28. The largest absolute Gasteiger partial charge is 0.493 e. The van der Waals surface area contributed by atoms with Crippen LogP contribution in [0.4, 0.5) is 20.6 Å². The number of carbonyl (C=O) groups excluding carboxylic acids is 1. The van der Waals surface area contributed by atoms with Crippen molar-refractivity contribution in [3.05, 3.63) is 83.2 Å². The SMILES string of the molecule is CC(C)(C)c1ccc(NC(=O)N2CCc3cc(S(=O)(=O)Nc4ccc(OCCC5CCOCC5)cc4F)ccc3C2)cc1. The highest BCUT2D eigenvalue weighted by Gasteiger charge is 2.24. The van der Waals surface area contributed by atoms with Crippen LogP contribution < -0.4 is 14.8 Å². The number of anilines is 2. The van der Waals surface area contributed by atoms with Crippen LogP contribution in [-0.4, -0.2) is 45.7 Å². The van der Waals surface area contributed by atoms with Crippen LogP contribution in [0, 0.1) is 11.7 Å². The fourth-order valence-corrected chi connectivity index (χ4v) is 6.49. The predicted octanol–water partition coefficient (Wildman–Crippen LogP) is 6.71.